The Hall–Kier alpha value is -3.16. The maximum absolute atomic E-state index is 12.2. The molecule has 0 bridgehead atoms. The van der Waals surface area contributed by atoms with Crippen LogP contribution < -0.4 is 14.2 Å². The number of ketones is 1. The van der Waals surface area contributed by atoms with Gasteiger partial charge in [0.15, 0.2) is 23.9 Å². The van der Waals surface area contributed by atoms with Gasteiger partial charge in [0.05, 0.1) is 0 Å². The monoisotopic (exact) mass is 316 g/mol. The maximum atomic E-state index is 12.2. The minimum atomic E-state index is -0.663. The summed E-state index contributed by atoms with van der Waals surface area (Å²) in [5.41, 5.74) is 0.376. The van der Waals surface area contributed by atoms with Gasteiger partial charge in [-0.2, -0.15) is 0 Å². The summed E-state index contributed by atoms with van der Waals surface area (Å²) >= 11 is 0. The highest BCUT2D eigenvalue weighted by molar-refractivity contribution is 5.97. The van der Waals surface area contributed by atoms with Crippen LogP contribution in [0.15, 0.2) is 36.5 Å². The molecular weight excluding hydrogens is 304 g/mol. The summed E-state index contributed by atoms with van der Waals surface area (Å²) < 4.78 is 16.0. The third kappa shape index (κ3) is 3.20. The lowest BCUT2D eigenvalue weighted by atomic mass is 10.1. The minimum Gasteiger partial charge on any atom is -0.486 e. The molecule has 0 atom stereocenters. The molecule has 0 saturated heterocycles. The second-order valence-corrected chi connectivity index (χ2v) is 4.65. The molecule has 2 heterocycles. The summed E-state index contributed by atoms with van der Waals surface area (Å²) in [6.45, 7) is 0.545. The highest BCUT2D eigenvalue weighted by atomic mass is 16.6. The van der Waals surface area contributed by atoms with Crippen LogP contribution in [0.2, 0.25) is 0 Å². The van der Waals surface area contributed by atoms with Crippen LogP contribution in [0.1, 0.15) is 10.4 Å². The van der Waals surface area contributed by atoms with E-state index < -0.39 is 10.7 Å². The Bertz CT molecular complexity index is 761. The van der Waals surface area contributed by atoms with Crippen molar-refractivity contribution in [1.29, 1.82) is 0 Å². The molecule has 1 aliphatic heterocycles. The zero-order valence-corrected chi connectivity index (χ0v) is 11.9. The zero-order chi connectivity index (χ0) is 16.2. The van der Waals surface area contributed by atoms with E-state index in [0.717, 1.165) is 0 Å². The molecular formula is C15H12N2O6. The Morgan fingerprint density at radius 1 is 1.26 bits per heavy atom. The molecule has 0 unspecified atom stereocenters. The molecule has 1 aliphatic rings. The third-order valence-corrected chi connectivity index (χ3v) is 3.15. The van der Waals surface area contributed by atoms with Gasteiger partial charge in [-0.05, 0) is 40.2 Å². The van der Waals surface area contributed by atoms with Crippen molar-refractivity contribution in [3.8, 4) is 17.2 Å². The number of rotatable bonds is 5. The quantitative estimate of drug-likeness (QED) is 0.472. The van der Waals surface area contributed by atoms with Crippen molar-refractivity contribution in [3.05, 3.63) is 52.2 Å². The average molecular weight is 316 g/mol. The second kappa shape index (κ2) is 6.30. The van der Waals surface area contributed by atoms with E-state index in [-0.39, 0.29) is 18.1 Å². The fourth-order valence-corrected chi connectivity index (χ4v) is 2.08. The van der Waals surface area contributed by atoms with Crippen LogP contribution in [0, 0.1) is 10.1 Å². The second-order valence-electron chi connectivity index (χ2n) is 4.65. The molecule has 0 amide bonds. The first kappa shape index (κ1) is 14.8. The lowest BCUT2D eigenvalue weighted by Gasteiger charge is -2.18. The number of carbonyl (C=O) groups is 1. The molecule has 8 nitrogen and oxygen atoms in total. The number of ether oxygens (including phenoxy) is 3. The number of benzene rings is 1. The molecule has 3 rings (SSSR count). The van der Waals surface area contributed by atoms with Gasteiger partial charge in [0.25, 0.3) is 0 Å². The van der Waals surface area contributed by atoms with Crippen molar-refractivity contribution in [3.63, 3.8) is 0 Å². The van der Waals surface area contributed by atoms with E-state index in [1.807, 2.05) is 0 Å². The van der Waals surface area contributed by atoms with Crippen LogP contribution in [-0.4, -0.2) is 35.5 Å². The Labute approximate surface area is 130 Å². The Kier molecular flexibility index (Phi) is 4.05. The molecule has 0 N–H and O–H groups in total. The molecule has 23 heavy (non-hydrogen) atoms. The fraction of sp³-hybridized carbons (Fsp3) is 0.200. The van der Waals surface area contributed by atoms with Crippen LogP contribution >= 0.6 is 0 Å². The van der Waals surface area contributed by atoms with Gasteiger partial charge in [-0.1, -0.05) is 0 Å². The average Bonchev–Trinajstić information content (AvgIpc) is 2.59. The molecule has 0 spiro atoms. The van der Waals surface area contributed by atoms with Gasteiger partial charge in [0.1, 0.15) is 19.4 Å². The fourth-order valence-electron chi connectivity index (χ4n) is 2.08. The van der Waals surface area contributed by atoms with Gasteiger partial charge in [0, 0.05) is 5.56 Å². The molecule has 1 aromatic carbocycles. The molecule has 0 saturated carbocycles. The zero-order valence-electron chi connectivity index (χ0n) is 11.9. The standard InChI is InChI=1S/C15H12N2O6/c18-11(9-23-13-2-1-5-16-15(13)17(19)20)10-3-4-12-14(8-10)22-7-6-21-12/h1-5,8H,6-7,9H2. The summed E-state index contributed by atoms with van der Waals surface area (Å²) in [4.78, 5) is 26.0. The van der Waals surface area contributed by atoms with Gasteiger partial charge in [-0.3, -0.25) is 4.79 Å². The number of carbonyl (C=O) groups excluding carboxylic acids is 1. The van der Waals surface area contributed by atoms with Crippen LogP contribution in [-0.2, 0) is 0 Å². The van der Waals surface area contributed by atoms with Gasteiger partial charge in [-0.15, -0.1) is 0 Å². The van der Waals surface area contributed by atoms with Crippen molar-refractivity contribution in [1.82, 2.24) is 4.98 Å². The SMILES string of the molecule is O=C(COc1cccnc1[N+](=O)[O-])c1ccc2c(c1)OCCO2. The number of hydrogen-bond acceptors (Lipinski definition) is 7. The molecule has 2 aromatic rings. The first-order chi connectivity index (χ1) is 11.1. The summed E-state index contributed by atoms with van der Waals surface area (Å²) in [5.74, 6) is 0.261. The van der Waals surface area contributed by atoms with E-state index in [2.05, 4.69) is 4.98 Å². The number of hydrogen-bond donors (Lipinski definition) is 0. The lowest BCUT2D eigenvalue weighted by molar-refractivity contribution is -0.390. The van der Waals surface area contributed by atoms with Crippen molar-refractivity contribution in [2.45, 2.75) is 0 Å². The predicted octanol–water partition coefficient (Wildman–Crippen LogP) is 2.02. The minimum absolute atomic E-state index is 0.0524. The molecule has 8 heteroatoms. The molecule has 118 valence electrons. The van der Waals surface area contributed by atoms with Crippen LogP contribution in [0.5, 0.6) is 17.2 Å². The van der Waals surface area contributed by atoms with Crippen LogP contribution in [0.3, 0.4) is 0 Å². The normalized spacial score (nSPS) is 12.5. The number of fused-ring (bicyclic) bond motifs is 1. The van der Waals surface area contributed by atoms with Crippen molar-refractivity contribution >= 4 is 11.6 Å². The first-order valence-electron chi connectivity index (χ1n) is 6.80. The van der Waals surface area contributed by atoms with Gasteiger partial charge in [0.2, 0.25) is 5.75 Å². The topological polar surface area (TPSA) is 101 Å². The Morgan fingerprint density at radius 2 is 2.04 bits per heavy atom. The number of Topliss-reactive ketones (excluding diaryl/α,β-unsaturated/α-hetero) is 1. The van der Waals surface area contributed by atoms with Crippen molar-refractivity contribution in [2.75, 3.05) is 19.8 Å². The van der Waals surface area contributed by atoms with E-state index in [1.54, 1.807) is 18.2 Å². The maximum Gasteiger partial charge on any atom is 0.406 e. The third-order valence-electron chi connectivity index (χ3n) is 3.15. The molecule has 0 radical (unpaired) electrons. The summed E-state index contributed by atoms with van der Waals surface area (Å²) in [5, 5.41) is 10.8. The summed E-state index contributed by atoms with van der Waals surface area (Å²) in [6.07, 6.45) is 1.29. The van der Waals surface area contributed by atoms with Crippen LogP contribution in [0.4, 0.5) is 5.82 Å². The summed E-state index contributed by atoms with van der Waals surface area (Å²) in [6, 6.07) is 7.70. The molecule has 0 aliphatic carbocycles. The van der Waals surface area contributed by atoms with Gasteiger partial charge >= 0.3 is 5.82 Å². The number of aromatic nitrogens is 1. The molecule has 0 fully saturated rings. The number of pyridine rings is 1. The van der Waals surface area contributed by atoms with E-state index in [4.69, 9.17) is 14.2 Å². The van der Waals surface area contributed by atoms with E-state index >= 15 is 0 Å². The Balaban J connectivity index is 1.72. The lowest BCUT2D eigenvalue weighted by Crippen LogP contribution is -2.17. The van der Waals surface area contributed by atoms with Crippen LogP contribution in [0.25, 0.3) is 0 Å². The molecule has 1 aromatic heterocycles. The Morgan fingerprint density at radius 3 is 2.83 bits per heavy atom. The van der Waals surface area contributed by atoms with E-state index in [9.17, 15) is 14.9 Å². The highest BCUT2D eigenvalue weighted by Crippen LogP contribution is 2.31. The van der Waals surface area contributed by atoms with Crippen molar-refractivity contribution in [2.24, 2.45) is 0 Å². The van der Waals surface area contributed by atoms with E-state index in [1.165, 1.54) is 18.3 Å². The number of nitro groups is 1. The summed E-state index contributed by atoms with van der Waals surface area (Å²) in [7, 11) is 0. The van der Waals surface area contributed by atoms with Gasteiger partial charge in [-0.25, -0.2) is 0 Å². The largest absolute Gasteiger partial charge is 0.486 e. The highest BCUT2D eigenvalue weighted by Gasteiger charge is 2.19. The smallest absolute Gasteiger partial charge is 0.406 e. The van der Waals surface area contributed by atoms with Crippen molar-refractivity contribution < 1.29 is 23.9 Å². The van der Waals surface area contributed by atoms with Gasteiger partial charge < -0.3 is 24.3 Å². The number of nitrogens with zero attached hydrogens (tertiary/aromatic N) is 2. The van der Waals surface area contributed by atoms with E-state index in [0.29, 0.717) is 30.3 Å². The predicted molar refractivity (Wildman–Crippen MR) is 78.1 cm³/mol. The first-order valence-corrected chi connectivity index (χ1v) is 6.80.